The van der Waals surface area contributed by atoms with Crippen molar-refractivity contribution in [2.24, 2.45) is 5.73 Å². The van der Waals surface area contributed by atoms with Crippen LogP contribution in [0.15, 0.2) is 36.5 Å². The molecule has 0 amide bonds. The zero-order chi connectivity index (χ0) is 14.7. The molecule has 0 saturated heterocycles. The van der Waals surface area contributed by atoms with E-state index in [1.165, 1.54) is 12.1 Å². The number of nitrogens with two attached hydrogens (primary N) is 1. The standard InChI is InChI=1S/C15H17FN4/c1-10-7-8-19-15(13(10)14(17)18)20(2)9-11-3-5-12(16)6-4-11/h3-8H,9H2,1-2H3,(H3,17,18). The highest BCUT2D eigenvalue weighted by molar-refractivity contribution is 6.00. The third-order valence-corrected chi connectivity index (χ3v) is 3.10. The van der Waals surface area contributed by atoms with Gasteiger partial charge in [0.15, 0.2) is 0 Å². The summed E-state index contributed by atoms with van der Waals surface area (Å²) in [6, 6.07) is 8.15. The van der Waals surface area contributed by atoms with Crippen LogP contribution in [0.4, 0.5) is 10.2 Å². The molecule has 0 fully saturated rings. The van der Waals surface area contributed by atoms with E-state index in [0.717, 1.165) is 11.1 Å². The molecule has 3 N–H and O–H groups in total. The van der Waals surface area contributed by atoms with Crippen molar-refractivity contribution in [2.45, 2.75) is 13.5 Å². The normalized spacial score (nSPS) is 10.3. The molecule has 104 valence electrons. The van der Waals surface area contributed by atoms with E-state index < -0.39 is 0 Å². The average Bonchev–Trinajstić information content (AvgIpc) is 2.40. The van der Waals surface area contributed by atoms with Crippen LogP contribution in [-0.4, -0.2) is 17.9 Å². The van der Waals surface area contributed by atoms with Crippen LogP contribution >= 0.6 is 0 Å². The number of hydrogen-bond donors (Lipinski definition) is 2. The molecule has 0 aliphatic heterocycles. The minimum Gasteiger partial charge on any atom is -0.384 e. The lowest BCUT2D eigenvalue weighted by Crippen LogP contribution is -2.24. The van der Waals surface area contributed by atoms with Crippen LogP contribution in [0.25, 0.3) is 0 Å². The van der Waals surface area contributed by atoms with Crippen molar-refractivity contribution in [3.8, 4) is 0 Å². The molecule has 1 aromatic carbocycles. The second-order valence-corrected chi connectivity index (χ2v) is 4.72. The van der Waals surface area contributed by atoms with E-state index in [9.17, 15) is 4.39 Å². The Bertz CT molecular complexity index is 622. The van der Waals surface area contributed by atoms with Crippen molar-refractivity contribution >= 4 is 11.7 Å². The first-order valence-electron chi connectivity index (χ1n) is 6.24. The van der Waals surface area contributed by atoms with Crippen LogP contribution < -0.4 is 10.6 Å². The molecule has 2 rings (SSSR count). The van der Waals surface area contributed by atoms with Gasteiger partial charge in [0.2, 0.25) is 0 Å². The zero-order valence-corrected chi connectivity index (χ0v) is 11.5. The summed E-state index contributed by atoms with van der Waals surface area (Å²) in [5.41, 5.74) is 8.14. The molecule has 20 heavy (non-hydrogen) atoms. The number of pyridine rings is 1. The first-order chi connectivity index (χ1) is 9.49. The number of aromatic nitrogens is 1. The smallest absolute Gasteiger partial charge is 0.139 e. The van der Waals surface area contributed by atoms with Crippen LogP contribution in [-0.2, 0) is 6.54 Å². The summed E-state index contributed by atoms with van der Waals surface area (Å²) in [6.07, 6.45) is 1.69. The predicted molar refractivity (Wildman–Crippen MR) is 78.5 cm³/mol. The van der Waals surface area contributed by atoms with Crippen molar-refractivity contribution in [1.82, 2.24) is 4.98 Å². The topological polar surface area (TPSA) is 66.0 Å². The number of nitrogens with one attached hydrogen (secondary N) is 1. The monoisotopic (exact) mass is 272 g/mol. The molecule has 2 aromatic rings. The summed E-state index contributed by atoms with van der Waals surface area (Å²) in [5, 5.41) is 7.68. The maximum absolute atomic E-state index is 12.9. The van der Waals surface area contributed by atoms with Crippen molar-refractivity contribution in [2.75, 3.05) is 11.9 Å². The molecule has 0 aliphatic carbocycles. The molecule has 0 radical (unpaired) electrons. The highest BCUT2D eigenvalue weighted by atomic mass is 19.1. The van der Waals surface area contributed by atoms with Gasteiger partial charge in [-0.05, 0) is 36.2 Å². The lowest BCUT2D eigenvalue weighted by molar-refractivity contribution is 0.627. The van der Waals surface area contributed by atoms with Gasteiger partial charge in [-0.2, -0.15) is 0 Å². The van der Waals surface area contributed by atoms with Gasteiger partial charge >= 0.3 is 0 Å². The van der Waals surface area contributed by atoms with Gasteiger partial charge in [0.05, 0.1) is 5.56 Å². The summed E-state index contributed by atoms with van der Waals surface area (Å²) >= 11 is 0. The number of hydrogen-bond acceptors (Lipinski definition) is 3. The second-order valence-electron chi connectivity index (χ2n) is 4.72. The van der Waals surface area contributed by atoms with Gasteiger partial charge in [0.25, 0.3) is 0 Å². The molecule has 0 bridgehead atoms. The summed E-state index contributed by atoms with van der Waals surface area (Å²) in [7, 11) is 1.87. The Labute approximate surface area is 117 Å². The van der Waals surface area contributed by atoms with Crippen LogP contribution in [0.2, 0.25) is 0 Å². The summed E-state index contributed by atoms with van der Waals surface area (Å²) in [5.74, 6) is 0.396. The first kappa shape index (κ1) is 14.0. The number of halogens is 1. The predicted octanol–water partition coefficient (Wildman–Crippen LogP) is 2.45. The van der Waals surface area contributed by atoms with E-state index in [0.29, 0.717) is 17.9 Å². The van der Waals surface area contributed by atoms with Crippen LogP contribution in [0.3, 0.4) is 0 Å². The summed E-state index contributed by atoms with van der Waals surface area (Å²) < 4.78 is 12.9. The molecule has 0 spiro atoms. The molecular formula is C15H17FN4. The number of nitrogen functional groups attached to an aromatic ring is 1. The van der Waals surface area contributed by atoms with Gasteiger partial charge < -0.3 is 10.6 Å². The number of aryl methyl sites for hydroxylation is 1. The van der Waals surface area contributed by atoms with Crippen LogP contribution in [0.5, 0.6) is 0 Å². The van der Waals surface area contributed by atoms with E-state index in [4.69, 9.17) is 11.1 Å². The third kappa shape index (κ3) is 2.93. The largest absolute Gasteiger partial charge is 0.384 e. The van der Waals surface area contributed by atoms with Crippen molar-refractivity contribution in [3.05, 3.63) is 59.0 Å². The molecule has 0 unspecified atom stereocenters. The Balaban J connectivity index is 2.29. The lowest BCUT2D eigenvalue weighted by Gasteiger charge is -2.22. The molecule has 0 atom stereocenters. The molecule has 5 heteroatoms. The summed E-state index contributed by atoms with van der Waals surface area (Å²) in [6.45, 7) is 2.46. The first-order valence-corrected chi connectivity index (χ1v) is 6.24. The lowest BCUT2D eigenvalue weighted by atomic mass is 10.1. The molecule has 0 aliphatic rings. The minimum atomic E-state index is -0.255. The Morgan fingerprint density at radius 2 is 1.95 bits per heavy atom. The minimum absolute atomic E-state index is 0.00319. The fraction of sp³-hybridized carbons (Fsp3) is 0.200. The van der Waals surface area contributed by atoms with E-state index in [-0.39, 0.29) is 11.7 Å². The van der Waals surface area contributed by atoms with Gasteiger partial charge in [-0.25, -0.2) is 9.37 Å². The van der Waals surface area contributed by atoms with E-state index in [1.807, 2.05) is 24.9 Å². The molecule has 4 nitrogen and oxygen atoms in total. The number of nitrogens with zero attached hydrogens (tertiary/aromatic N) is 2. The van der Waals surface area contributed by atoms with Gasteiger partial charge in [-0.3, -0.25) is 5.41 Å². The Kier molecular flexibility index (Phi) is 3.98. The highest BCUT2D eigenvalue weighted by Gasteiger charge is 2.14. The fourth-order valence-electron chi connectivity index (χ4n) is 2.10. The van der Waals surface area contributed by atoms with Gasteiger partial charge in [-0.15, -0.1) is 0 Å². The number of rotatable bonds is 4. The Hall–Kier alpha value is -2.43. The SMILES string of the molecule is Cc1ccnc(N(C)Cc2ccc(F)cc2)c1C(=N)N. The van der Waals surface area contributed by atoms with Crippen molar-refractivity contribution in [3.63, 3.8) is 0 Å². The number of anilines is 1. The van der Waals surface area contributed by atoms with Crippen molar-refractivity contribution in [1.29, 1.82) is 5.41 Å². The Morgan fingerprint density at radius 3 is 2.55 bits per heavy atom. The second kappa shape index (κ2) is 5.69. The van der Waals surface area contributed by atoms with Crippen molar-refractivity contribution < 1.29 is 4.39 Å². The quantitative estimate of drug-likeness (QED) is 0.663. The van der Waals surface area contributed by atoms with E-state index in [1.54, 1.807) is 18.3 Å². The van der Waals surface area contributed by atoms with E-state index >= 15 is 0 Å². The van der Waals surface area contributed by atoms with E-state index in [2.05, 4.69) is 4.98 Å². The highest BCUT2D eigenvalue weighted by Crippen LogP contribution is 2.21. The third-order valence-electron chi connectivity index (χ3n) is 3.10. The molecular weight excluding hydrogens is 255 g/mol. The maximum atomic E-state index is 12.9. The number of benzene rings is 1. The zero-order valence-electron chi connectivity index (χ0n) is 11.5. The Morgan fingerprint density at radius 1 is 1.30 bits per heavy atom. The van der Waals surface area contributed by atoms with Gasteiger partial charge in [0, 0.05) is 19.8 Å². The summed E-state index contributed by atoms with van der Waals surface area (Å²) in [4.78, 5) is 6.21. The molecule has 0 saturated carbocycles. The van der Waals surface area contributed by atoms with Gasteiger partial charge in [-0.1, -0.05) is 12.1 Å². The average molecular weight is 272 g/mol. The molecule has 1 aromatic heterocycles. The van der Waals surface area contributed by atoms with Gasteiger partial charge in [0.1, 0.15) is 17.5 Å². The maximum Gasteiger partial charge on any atom is 0.139 e. The number of amidine groups is 1. The fourth-order valence-corrected chi connectivity index (χ4v) is 2.10. The molecule has 1 heterocycles. The van der Waals surface area contributed by atoms with Crippen LogP contribution in [0.1, 0.15) is 16.7 Å². The van der Waals surface area contributed by atoms with Crippen LogP contribution in [0, 0.1) is 18.2 Å².